The van der Waals surface area contributed by atoms with Crippen molar-refractivity contribution in [1.82, 2.24) is 14.9 Å². The third-order valence-corrected chi connectivity index (χ3v) is 6.18. The minimum Gasteiger partial charge on any atom is -0.477 e. The van der Waals surface area contributed by atoms with E-state index in [0.29, 0.717) is 44.6 Å². The molecule has 0 bridgehead atoms. The summed E-state index contributed by atoms with van der Waals surface area (Å²) in [6, 6.07) is 9.85. The summed E-state index contributed by atoms with van der Waals surface area (Å²) in [7, 11) is -3.64. The number of carbonyl (C=O) groups is 1. The standard InChI is InChI=1S/C20H26N4O4S/c1-16(2)13-28-19-12-18(21-15-22-19)23-8-10-24(11-9-23)20(25)14-29(26,27)17-6-4-3-5-7-17/h3-7,12,15-16H,8-11,13-14H2,1-2H3. The van der Waals surface area contributed by atoms with Gasteiger partial charge < -0.3 is 14.5 Å². The quantitative estimate of drug-likeness (QED) is 0.675. The van der Waals surface area contributed by atoms with Gasteiger partial charge in [-0.1, -0.05) is 32.0 Å². The van der Waals surface area contributed by atoms with Gasteiger partial charge in [0, 0.05) is 32.2 Å². The molecule has 0 unspecified atom stereocenters. The molecule has 1 aromatic heterocycles. The third kappa shape index (κ3) is 5.66. The van der Waals surface area contributed by atoms with E-state index in [9.17, 15) is 13.2 Å². The first-order chi connectivity index (χ1) is 13.8. The molecular weight excluding hydrogens is 392 g/mol. The van der Waals surface area contributed by atoms with E-state index in [1.54, 1.807) is 29.2 Å². The van der Waals surface area contributed by atoms with Crippen molar-refractivity contribution in [3.05, 3.63) is 42.7 Å². The molecule has 1 fully saturated rings. The fourth-order valence-corrected chi connectivity index (χ4v) is 4.23. The van der Waals surface area contributed by atoms with E-state index in [1.165, 1.54) is 18.5 Å². The normalized spacial score (nSPS) is 14.9. The van der Waals surface area contributed by atoms with Crippen LogP contribution in [0.25, 0.3) is 0 Å². The molecule has 0 atom stereocenters. The smallest absolute Gasteiger partial charge is 0.238 e. The summed E-state index contributed by atoms with van der Waals surface area (Å²) in [5.74, 6) is 0.767. The fourth-order valence-electron chi connectivity index (χ4n) is 2.98. The molecular formula is C20H26N4O4S. The first-order valence-corrected chi connectivity index (χ1v) is 11.3. The topological polar surface area (TPSA) is 92.7 Å². The minimum atomic E-state index is -3.64. The van der Waals surface area contributed by atoms with Crippen LogP contribution < -0.4 is 9.64 Å². The second kappa shape index (κ2) is 9.21. The molecule has 0 radical (unpaired) electrons. The molecule has 156 valence electrons. The Morgan fingerprint density at radius 2 is 1.79 bits per heavy atom. The predicted octanol–water partition coefficient (Wildman–Crippen LogP) is 1.63. The van der Waals surface area contributed by atoms with Crippen molar-refractivity contribution in [2.75, 3.05) is 43.4 Å². The number of rotatable bonds is 7. The molecule has 29 heavy (non-hydrogen) atoms. The van der Waals surface area contributed by atoms with E-state index in [1.807, 2.05) is 4.90 Å². The van der Waals surface area contributed by atoms with E-state index in [2.05, 4.69) is 23.8 Å². The Hall–Kier alpha value is -2.68. The zero-order valence-electron chi connectivity index (χ0n) is 16.7. The fraction of sp³-hybridized carbons (Fsp3) is 0.450. The maximum Gasteiger partial charge on any atom is 0.238 e. The Balaban J connectivity index is 1.56. The van der Waals surface area contributed by atoms with E-state index in [4.69, 9.17) is 4.74 Å². The number of piperazine rings is 1. The van der Waals surface area contributed by atoms with Crippen LogP contribution in [0.5, 0.6) is 5.88 Å². The van der Waals surface area contributed by atoms with Crippen LogP contribution >= 0.6 is 0 Å². The third-order valence-electron chi connectivity index (χ3n) is 4.56. The molecule has 1 aliphatic heterocycles. The molecule has 0 spiro atoms. The van der Waals surface area contributed by atoms with Crippen molar-refractivity contribution in [1.29, 1.82) is 0 Å². The SMILES string of the molecule is CC(C)COc1cc(N2CCN(C(=O)CS(=O)(=O)c3ccccc3)CC2)ncn1. The highest BCUT2D eigenvalue weighted by Crippen LogP contribution is 2.19. The summed E-state index contributed by atoms with van der Waals surface area (Å²) in [5, 5.41) is 0. The molecule has 1 aliphatic rings. The Labute approximate surface area is 171 Å². The Morgan fingerprint density at radius 3 is 2.45 bits per heavy atom. The van der Waals surface area contributed by atoms with Crippen molar-refractivity contribution in [2.24, 2.45) is 5.92 Å². The van der Waals surface area contributed by atoms with Gasteiger partial charge in [0.15, 0.2) is 9.84 Å². The van der Waals surface area contributed by atoms with Gasteiger partial charge in [-0.2, -0.15) is 0 Å². The van der Waals surface area contributed by atoms with Crippen molar-refractivity contribution in [3.8, 4) is 5.88 Å². The number of benzene rings is 1. The molecule has 2 aromatic rings. The number of aromatic nitrogens is 2. The molecule has 0 N–H and O–H groups in total. The lowest BCUT2D eigenvalue weighted by molar-refractivity contribution is -0.128. The summed E-state index contributed by atoms with van der Waals surface area (Å²) < 4.78 is 30.5. The lowest BCUT2D eigenvalue weighted by Gasteiger charge is -2.35. The second-order valence-corrected chi connectivity index (χ2v) is 9.35. The largest absolute Gasteiger partial charge is 0.477 e. The number of amides is 1. The van der Waals surface area contributed by atoms with Gasteiger partial charge >= 0.3 is 0 Å². The van der Waals surface area contributed by atoms with Gasteiger partial charge in [-0.3, -0.25) is 4.79 Å². The van der Waals surface area contributed by atoms with Gasteiger partial charge in [-0.05, 0) is 18.1 Å². The average molecular weight is 419 g/mol. The van der Waals surface area contributed by atoms with Gasteiger partial charge in [-0.25, -0.2) is 18.4 Å². The molecule has 1 amide bonds. The van der Waals surface area contributed by atoms with Crippen LogP contribution in [0.2, 0.25) is 0 Å². The summed E-state index contributed by atoms with van der Waals surface area (Å²) in [6.45, 7) is 6.72. The van der Waals surface area contributed by atoms with Crippen molar-refractivity contribution >= 4 is 21.6 Å². The molecule has 9 heteroatoms. The first kappa shape index (κ1) is 21.0. The van der Waals surface area contributed by atoms with E-state index >= 15 is 0 Å². The summed E-state index contributed by atoms with van der Waals surface area (Å²) in [6.07, 6.45) is 1.47. The zero-order chi connectivity index (χ0) is 20.9. The monoisotopic (exact) mass is 418 g/mol. The van der Waals surface area contributed by atoms with Crippen LogP contribution in [0.3, 0.4) is 0 Å². The number of nitrogens with zero attached hydrogens (tertiary/aromatic N) is 4. The van der Waals surface area contributed by atoms with Gasteiger partial charge in [0.2, 0.25) is 11.8 Å². The molecule has 8 nitrogen and oxygen atoms in total. The molecule has 1 aromatic carbocycles. The molecule has 0 aliphatic carbocycles. The maximum atomic E-state index is 12.5. The highest BCUT2D eigenvalue weighted by atomic mass is 32.2. The summed E-state index contributed by atoms with van der Waals surface area (Å²) >= 11 is 0. The van der Waals surface area contributed by atoms with Crippen molar-refractivity contribution in [3.63, 3.8) is 0 Å². The summed E-state index contributed by atoms with van der Waals surface area (Å²) in [5.41, 5.74) is 0. The molecule has 0 saturated carbocycles. The highest BCUT2D eigenvalue weighted by Gasteiger charge is 2.27. The van der Waals surface area contributed by atoms with Crippen LogP contribution in [-0.4, -0.2) is 67.7 Å². The molecule has 2 heterocycles. The Bertz CT molecular complexity index is 927. The Morgan fingerprint density at radius 1 is 1.10 bits per heavy atom. The van der Waals surface area contributed by atoms with Crippen LogP contribution in [0.4, 0.5) is 5.82 Å². The van der Waals surface area contributed by atoms with E-state index < -0.39 is 15.6 Å². The van der Waals surface area contributed by atoms with Gasteiger partial charge in [-0.15, -0.1) is 0 Å². The van der Waals surface area contributed by atoms with Gasteiger partial charge in [0.25, 0.3) is 0 Å². The van der Waals surface area contributed by atoms with E-state index in [-0.39, 0.29) is 10.8 Å². The van der Waals surface area contributed by atoms with E-state index in [0.717, 1.165) is 5.82 Å². The Kier molecular flexibility index (Phi) is 6.68. The van der Waals surface area contributed by atoms with Gasteiger partial charge in [0.1, 0.15) is 17.9 Å². The highest BCUT2D eigenvalue weighted by molar-refractivity contribution is 7.92. The van der Waals surface area contributed by atoms with Crippen LogP contribution in [-0.2, 0) is 14.6 Å². The number of anilines is 1. The van der Waals surface area contributed by atoms with Crippen LogP contribution in [0.1, 0.15) is 13.8 Å². The maximum absolute atomic E-state index is 12.5. The van der Waals surface area contributed by atoms with Gasteiger partial charge in [0.05, 0.1) is 11.5 Å². The summed E-state index contributed by atoms with van der Waals surface area (Å²) in [4.78, 5) is 24.7. The number of ether oxygens (including phenoxy) is 1. The van der Waals surface area contributed by atoms with Crippen molar-refractivity contribution in [2.45, 2.75) is 18.7 Å². The lowest BCUT2D eigenvalue weighted by Crippen LogP contribution is -2.50. The average Bonchev–Trinajstić information content (AvgIpc) is 2.73. The predicted molar refractivity (Wildman–Crippen MR) is 110 cm³/mol. The number of hydrogen-bond donors (Lipinski definition) is 0. The molecule has 3 rings (SSSR count). The lowest BCUT2D eigenvalue weighted by atomic mass is 10.2. The zero-order valence-corrected chi connectivity index (χ0v) is 17.5. The number of hydrogen-bond acceptors (Lipinski definition) is 7. The van der Waals surface area contributed by atoms with Crippen molar-refractivity contribution < 1.29 is 17.9 Å². The molecule has 1 saturated heterocycles. The second-order valence-electron chi connectivity index (χ2n) is 7.36. The minimum absolute atomic E-state index is 0.168. The number of sulfone groups is 1. The first-order valence-electron chi connectivity index (χ1n) is 9.60. The number of carbonyl (C=O) groups excluding carboxylic acids is 1. The van der Waals surface area contributed by atoms with Crippen LogP contribution in [0.15, 0.2) is 47.6 Å². The van der Waals surface area contributed by atoms with Crippen LogP contribution in [0, 0.1) is 5.92 Å².